The highest BCUT2D eigenvalue weighted by molar-refractivity contribution is 5.95. The molecule has 0 saturated carbocycles. The van der Waals surface area contributed by atoms with E-state index in [1.807, 2.05) is 24.3 Å². The monoisotopic (exact) mass is 360 g/mol. The average molecular weight is 360 g/mol. The van der Waals surface area contributed by atoms with Gasteiger partial charge in [-0.1, -0.05) is 18.2 Å². The van der Waals surface area contributed by atoms with Gasteiger partial charge in [0, 0.05) is 30.8 Å². The van der Waals surface area contributed by atoms with Crippen molar-refractivity contribution < 1.29 is 23.1 Å². The third-order valence-electron chi connectivity index (χ3n) is 4.10. The zero-order valence-corrected chi connectivity index (χ0v) is 14.0. The molecular formula is C19H18F2N2O3. The number of nitrogens with zero attached hydrogens (tertiary/aromatic N) is 1. The van der Waals surface area contributed by atoms with Crippen LogP contribution >= 0.6 is 0 Å². The van der Waals surface area contributed by atoms with E-state index in [9.17, 15) is 18.4 Å². The highest BCUT2D eigenvalue weighted by Gasteiger charge is 2.21. The molecule has 0 bridgehead atoms. The van der Waals surface area contributed by atoms with E-state index < -0.39 is 6.61 Å². The minimum Gasteiger partial charge on any atom is -0.435 e. The molecule has 2 amide bonds. The van der Waals surface area contributed by atoms with Crippen LogP contribution < -0.4 is 15.0 Å². The molecule has 0 aromatic heterocycles. The van der Waals surface area contributed by atoms with E-state index >= 15 is 0 Å². The number of carbonyl (C=O) groups excluding carboxylic acids is 2. The Morgan fingerprint density at radius 3 is 2.62 bits per heavy atom. The Balaban J connectivity index is 1.58. The smallest absolute Gasteiger partial charge is 0.387 e. The Labute approximate surface area is 149 Å². The second-order valence-electron chi connectivity index (χ2n) is 5.90. The number of anilines is 1. The maximum atomic E-state index is 12.2. The summed E-state index contributed by atoms with van der Waals surface area (Å²) in [4.78, 5) is 25.7. The zero-order valence-electron chi connectivity index (χ0n) is 14.0. The average Bonchev–Trinajstić information content (AvgIpc) is 3.06. The van der Waals surface area contributed by atoms with Crippen molar-refractivity contribution in [1.29, 1.82) is 0 Å². The number of hydrogen-bond donors (Lipinski definition) is 1. The van der Waals surface area contributed by atoms with Gasteiger partial charge in [-0.15, -0.1) is 0 Å². The molecule has 136 valence electrons. The van der Waals surface area contributed by atoms with Gasteiger partial charge in [-0.05, 0) is 42.3 Å². The lowest BCUT2D eigenvalue weighted by Gasteiger charge is -2.16. The predicted molar refractivity (Wildman–Crippen MR) is 92.3 cm³/mol. The van der Waals surface area contributed by atoms with E-state index in [0.717, 1.165) is 24.2 Å². The van der Waals surface area contributed by atoms with Crippen molar-refractivity contribution in [3.8, 4) is 5.75 Å². The van der Waals surface area contributed by atoms with Gasteiger partial charge in [-0.25, -0.2) is 0 Å². The molecule has 1 saturated heterocycles. The molecule has 1 aliphatic heterocycles. The molecule has 1 heterocycles. The van der Waals surface area contributed by atoms with Gasteiger partial charge in [0.15, 0.2) is 0 Å². The van der Waals surface area contributed by atoms with Crippen LogP contribution in [0.1, 0.15) is 28.8 Å². The molecule has 0 aliphatic carbocycles. The Morgan fingerprint density at radius 1 is 1.19 bits per heavy atom. The third kappa shape index (κ3) is 4.36. The Morgan fingerprint density at radius 2 is 1.96 bits per heavy atom. The van der Waals surface area contributed by atoms with E-state index in [2.05, 4.69) is 10.1 Å². The SMILES string of the molecule is O=C(NCc1ccc(N2CCCC2=O)cc1)c1cccc(OC(F)F)c1. The standard InChI is InChI=1S/C19H18F2N2O3/c20-19(21)26-16-4-1-3-14(11-16)18(25)22-12-13-6-8-15(9-7-13)23-10-2-5-17(23)24/h1,3-4,6-9,11,19H,2,5,10,12H2,(H,22,25). The first-order valence-electron chi connectivity index (χ1n) is 8.25. The molecule has 0 radical (unpaired) electrons. The van der Waals surface area contributed by atoms with Gasteiger partial charge in [0.25, 0.3) is 5.91 Å². The van der Waals surface area contributed by atoms with Crippen LogP contribution in [0.4, 0.5) is 14.5 Å². The molecule has 0 unspecified atom stereocenters. The van der Waals surface area contributed by atoms with E-state index in [1.54, 1.807) is 4.90 Å². The van der Waals surface area contributed by atoms with Crippen molar-refractivity contribution in [2.45, 2.75) is 26.0 Å². The largest absolute Gasteiger partial charge is 0.435 e. The van der Waals surface area contributed by atoms with Gasteiger partial charge in [-0.2, -0.15) is 8.78 Å². The van der Waals surface area contributed by atoms with Crippen LogP contribution in [0.25, 0.3) is 0 Å². The lowest BCUT2D eigenvalue weighted by atomic mass is 10.1. The molecule has 7 heteroatoms. The number of rotatable bonds is 6. The van der Waals surface area contributed by atoms with E-state index in [1.165, 1.54) is 24.3 Å². The minimum atomic E-state index is -2.94. The molecule has 1 fully saturated rings. The number of halogens is 2. The van der Waals surface area contributed by atoms with Gasteiger partial charge < -0.3 is 15.0 Å². The first kappa shape index (κ1) is 17.8. The van der Waals surface area contributed by atoms with Crippen molar-refractivity contribution in [1.82, 2.24) is 5.32 Å². The van der Waals surface area contributed by atoms with Crippen LogP contribution in [-0.2, 0) is 11.3 Å². The van der Waals surface area contributed by atoms with Crippen molar-refractivity contribution in [3.05, 3.63) is 59.7 Å². The van der Waals surface area contributed by atoms with E-state index in [4.69, 9.17) is 0 Å². The molecule has 5 nitrogen and oxygen atoms in total. The van der Waals surface area contributed by atoms with Crippen LogP contribution in [0.15, 0.2) is 48.5 Å². The number of hydrogen-bond acceptors (Lipinski definition) is 3. The molecule has 3 rings (SSSR count). The zero-order chi connectivity index (χ0) is 18.5. The quantitative estimate of drug-likeness (QED) is 0.860. The highest BCUT2D eigenvalue weighted by atomic mass is 19.3. The van der Waals surface area contributed by atoms with Gasteiger partial charge in [0.05, 0.1) is 0 Å². The highest BCUT2D eigenvalue weighted by Crippen LogP contribution is 2.21. The van der Waals surface area contributed by atoms with Crippen LogP contribution in [-0.4, -0.2) is 25.0 Å². The maximum Gasteiger partial charge on any atom is 0.387 e. The summed E-state index contributed by atoms with van der Waals surface area (Å²) in [5.74, 6) is -0.326. The molecule has 1 aliphatic rings. The summed E-state index contributed by atoms with van der Waals surface area (Å²) in [6, 6.07) is 13.0. The lowest BCUT2D eigenvalue weighted by Crippen LogP contribution is -2.24. The first-order chi connectivity index (χ1) is 12.5. The van der Waals surface area contributed by atoms with Crippen LogP contribution in [0.5, 0.6) is 5.75 Å². The summed E-state index contributed by atoms with van der Waals surface area (Å²) in [6.45, 7) is -1.92. The van der Waals surface area contributed by atoms with E-state index in [0.29, 0.717) is 6.42 Å². The fourth-order valence-corrected chi connectivity index (χ4v) is 2.81. The van der Waals surface area contributed by atoms with Crippen molar-refractivity contribution in [3.63, 3.8) is 0 Å². The number of amides is 2. The maximum absolute atomic E-state index is 12.2. The van der Waals surface area contributed by atoms with Crippen molar-refractivity contribution >= 4 is 17.5 Å². The number of carbonyl (C=O) groups is 2. The molecule has 2 aromatic carbocycles. The fourth-order valence-electron chi connectivity index (χ4n) is 2.81. The molecule has 0 atom stereocenters. The van der Waals surface area contributed by atoms with E-state index in [-0.39, 0.29) is 29.7 Å². The van der Waals surface area contributed by atoms with Gasteiger partial charge in [0.1, 0.15) is 5.75 Å². The second-order valence-corrected chi connectivity index (χ2v) is 5.90. The van der Waals surface area contributed by atoms with Crippen LogP contribution in [0.2, 0.25) is 0 Å². The third-order valence-corrected chi connectivity index (χ3v) is 4.10. The summed E-state index contributed by atoms with van der Waals surface area (Å²) in [7, 11) is 0. The molecule has 0 spiro atoms. The Bertz CT molecular complexity index is 794. The Hall–Kier alpha value is -2.96. The summed E-state index contributed by atoms with van der Waals surface area (Å²) < 4.78 is 28.8. The predicted octanol–water partition coefficient (Wildman–Crippen LogP) is 3.34. The number of alkyl halides is 2. The number of benzene rings is 2. The molecule has 1 N–H and O–H groups in total. The summed E-state index contributed by atoms with van der Waals surface area (Å²) >= 11 is 0. The number of nitrogens with one attached hydrogen (secondary N) is 1. The van der Waals surface area contributed by atoms with Crippen LogP contribution in [0, 0.1) is 0 Å². The summed E-state index contributed by atoms with van der Waals surface area (Å²) in [5.41, 5.74) is 1.95. The van der Waals surface area contributed by atoms with Gasteiger partial charge in [0.2, 0.25) is 5.91 Å². The normalized spacial score (nSPS) is 14.0. The van der Waals surface area contributed by atoms with Gasteiger partial charge >= 0.3 is 6.61 Å². The molecule has 26 heavy (non-hydrogen) atoms. The second kappa shape index (κ2) is 7.95. The summed E-state index contributed by atoms with van der Waals surface area (Å²) in [5, 5.41) is 2.73. The minimum absolute atomic E-state index is 0.0627. The topological polar surface area (TPSA) is 58.6 Å². The lowest BCUT2D eigenvalue weighted by molar-refractivity contribution is -0.117. The molecular weight excluding hydrogens is 342 g/mol. The molecule has 2 aromatic rings. The summed E-state index contributed by atoms with van der Waals surface area (Å²) in [6.07, 6.45) is 1.44. The van der Waals surface area contributed by atoms with Crippen molar-refractivity contribution in [2.75, 3.05) is 11.4 Å². The van der Waals surface area contributed by atoms with Crippen molar-refractivity contribution in [2.24, 2.45) is 0 Å². The fraction of sp³-hybridized carbons (Fsp3) is 0.263. The number of ether oxygens (including phenoxy) is 1. The Kier molecular flexibility index (Phi) is 5.46. The van der Waals surface area contributed by atoms with Crippen LogP contribution in [0.3, 0.4) is 0 Å². The first-order valence-corrected chi connectivity index (χ1v) is 8.25. The van der Waals surface area contributed by atoms with Gasteiger partial charge in [-0.3, -0.25) is 9.59 Å².